The van der Waals surface area contributed by atoms with E-state index in [1.54, 1.807) is 30.0 Å². The Morgan fingerprint density at radius 3 is 2.60 bits per heavy atom. The minimum atomic E-state index is 0. The number of amidine groups is 1. The van der Waals surface area contributed by atoms with Gasteiger partial charge < -0.3 is 11.1 Å². The number of nitrogens with zero attached hydrogens (tertiary/aromatic N) is 1. The molecule has 10 heteroatoms. The molecule has 0 fully saturated rings. The minimum Gasteiger partial charge on any atom is -0.383 e. The van der Waals surface area contributed by atoms with Crippen molar-refractivity contribution in [2.24, 2.45) is 5.73 Å². The Bertz CT molecular complexity index is 887. The van der Waals surface area contributed by atoms with E-state index in [4.69, 9.17) is 34.3 Å². The molecule has 0 spiro atoms. The van der Waals surface area contributed by atoms with E-state index in [2.05, 4.69) is 10.3 Å². The first kappa shape index (κ1) is 20.4. The predicted octanol–water partition coefficient (Wildman–Crippen LogP) is 6.35. The van der Waals surface area contributed by atoms with Crippen LogP contribution < -0.4 is 11.1 Å². The zero-order valence-electron chi connectivity index (χ0n) is 12.8. The smallest absolute Gasteiger partial charge is 0.187 e. The highest BCUT2D eigenvalue weighted by molar-refractivity contribution is 8.00. The van der Waals surface area contributed by atoms with Crippen LogP contribution in [0.4, 0.5) is 10.8 Å². The molecule has 0 aliphatic heterocycles. The molecule has 25 heavy (non-hydrogen) atoms. The average Bonchev–Trinajstić information content (AvgIpc) is 3.17. The number of thiazole rings is 1. The van der Waals surface area contributed by atoms with E-state index in [9.17, 15) is 0 Å². The van der Waals surface area contributed by atoms with Crippen LogP contribution in [0.1, 0.15) is 4.88 Å². The summed E-state index contributed by atoms with van der Waals surface area (Å²) in [5.41, 5.74) is 8.05. The number of hydrogen-bond donors (Lipinski definition) is 3. The van der Waals surface area contributed by atoms with Crippen LogP contribution in [0.2, 0.25) is 10.0 Å². The molecule has 0 bridgehead atoms. The van der Waals surface area contributed by atoms with Crippen molar-refractivity contribution in [2.75, 3.05) is 11.6 Å². The largest absolute Gasteiger partial charge is 0.383 e. The molecule has 1 aromatic carbocycles. The summed E-state index contributed by atoms with van der Waals surface area (Å²) < 4.78 is 1.08. The highest BCUT2D eigenvalue weighted by Crippen LogP contribution is 2.40. The monoisotopic (exact) mass is 450 g/mol. The Morgan fingerprint density at radius 1 is 1.32 bits per heavy atom. The molecule has 0 aliphatic rings. The summed E-state index contributed by atoms with van der Waals surface area (Å²) in [6.07, 6.45) is 1.99. The summed E-state index contributed by atoms with van der Waals surface area (Å²) in [6, 6.07) is 7.24. The molecule has 0 saturated carbocycles. The fourth-order valence-electron chi connectivity index (χ4n) is 2.02. The number of aromatic nitrogens is 1. The van der Waals surface area contributed by atoms with E-state index < -0.39 is 0 Å². The van der Waals surface area contributed by atoms with Gasteiger partial charge in [-0.2, -0.15) is 0 Å². The molecule has 0 aliphatic carbocycles. The topological polar surface area (TPSA) is 74.8 Å². The molecule has 2 heterocycles. The lowest BCUT2D eigenvalue weighted by Gasteiger charge is -2.06. The summed E-state index contributed by atoms with van der Waals surface area (Å²) in [5.74, 6) is 0.0676. The van der Waals surface area contributed by atoms with Gasteiger partial charge in [0.05, 0.1) is 30.5 Å². The van der Waals surface area contributed by atoms with Crippen LogP contribution in [0, 0.1) is 5.41 Å². The number of thiophene rings is 1. The van der Waals surface area contributed by atoms with Gasteiger partial charge in [-0.15, -0.1) is 46.8 Å². The summed E-state index contributed by atoms with van der Waals surface area (Å²) in [5, 5.41) is 14.5. The molecular weight excluding hydrogens is 439 g/mol. The quantitative estimate of drug-likeness (QED) is 0.240. The number of rotatable bonds is 5. The van der Waals surface area contributed by atoms with Crippen molar-refractivity contribution in [1.82, 2.24) is 4.98 Å². The van der Waals surface area contributed by atoms with Crippen LogP contribution in [-0.2, 0) is 0 Å². The number of nitrogens with two attached hydrogens (primary N) is 1. The van der Waals surface area contributed by atoms with Gasteiger partial charge in [0.1, 0.15) is 5.84 Å². The average molecular weight is 452 g/mol. The van der Waals surface area contributed by atoms with Gasteiger partial charge in [-0.05, 0) is 24.5 Å². The second-order valence-corrected chi connectivity index (χ2v) is 8.49. The SMILES string of the molecule is CSc1sc(C(=N)N)cc1-c1csc(Nc2c(Cl)cccc2Cl)n1.Cl. The van der Waals surface area contributed by atoms with Crippen molar-refractivity contribution in [3.8, 4) is 11.3 Å². The second kappa shape index (κ2) is 8.62. The molecule has 0 radical (unpaired) electrons. The van der Waals surface area contributed by atoms with Crippen molar-refractivity contribution in [1.29, 1.82) is 5.41 Å². The molecule has 0 unspecified atom stereocenters. The first-order chi connectivity index (χ1) is 11.5. The Labute approximate surface area is 173 Å². The third-order valence-electron chi connectivity index (χ3n) is 3.12. The van der Waals surface area contributed by atoms with Crippen molar-refractivity contribution in [2.45, 2.75) is 4.21 Å². The molecule has 3 rings (SSSR count). The molecular formula is C15H13Cl3N4S3. The van der Waals surface area contributed by atoms with Crippen molar-refractivity contribution in [3.05, 3.63) is 44.6 Å². The van der Waals surface area contributed by atoms with Gasteiger partial charge in [0.25, 0.3) is 0 Å². The molecule has 3 aromatic rings. The van der Waals surface area contributed by atoms with Crippen LogP contribution in [0.3, 0.4) is 0 Å². The first-order valence-corrected chi connectivity index (χ1v) is 10.4. The third-order valence-corrected chi connectivity index (χ3v) is 6.82. The van der Waals surface area contributed by atoms with Gasteiger partial charge in [-0.1, -0.05) is 29.3 Å². The highest BCUT2D eigenvalue weighted by atomic mass is 35.5. The van der Waals surface area contributed by atoms with Gasteiger partial charge in [0.15, 0.2) is 5.13 Å². The van der Waals surface area contributed by atoms with E-state index in [1.807, 2.05) is 17.7 Å². The Morgan fingerprint density at radius 2 is 2.00 bits per heavy atom. The number of halogens is 3. The van der Waals surface area contributed by atoms with Gasteiger partial charge in [0, 0.05) is 10.9 Å². The molecule has 0 atom stereocenters. The minimum absolute atomic E-state index is 0. The van der Waals surface area contributed by atoms with E-state index >= 15 is 0 Å². The number of hydrogen-bond acceptors (Lipinski definition) is 6. The Kier molecular flexibility index (Phi) is 7.01. The lowest BCUT2D eigenvalue weighted by atomic mass is 10.2. The maximum atomic E-state index is 7.60. The van der Waals surface area contributed by atoms with E-state index in [0.29, 0.717) is 20.9 Å². The van der Waals surface area contributed by atoms with Gasteiger partial charge in [-0.3, -0.25) is 5.41 Å². The summed E-state index contributed by atoms with van der Waals surface area (Å²) in [4.78, 5) is 5.35. The van der Waals surface area contributed by atoms with Crippen molar-refractivity contribution >= 4 is 86.7 Å². The zero-order chi connectivity index (χ0) is 17.3. The summed E-state index contributed by atoms with van der Waals surface area (Å²) >= 11 is 16.9. The van der Waals surface area contributed by atoms with Crippen molar-refractivity contribution in [3.63, 3.8) is 0 Å². The normalized spacial score (nSPS) is 10.4. The fourth-order valence-corrected chi connectivity index (χ4v) is 4.97. The molecule has 0 amide bonds. The molecule has 4 nitrogen and oxygen atoms in total. The standard InChI is InChI=1S/C15H12Cl2N4S3.ClH/c1-22-14-7(5-11(24-14)13(18)19)10-6-23-15(20-10)21-12-8(16)3-2-4-9(12)17;/h2-6H,1H3,(H3,18,19)(H,20,21);1H. The number of benzene rings is 1. The van der Waals surface area contributed by atoms with Crippen LogP contribution in [0.15, 0.2) is 33.9 Å². The predicted molar refractivity (Wildman–Crippen MR) is 115 cm³/mol. The van der Waals surface area contributed by atoms with Crippen LogP contribution in [0.25, 0.3) is 11.3 Å². The first-order valence-electron chi connectivity index (χ1n) is 6.68. The van der Waals surface area contributed by atoms with E-state index in [0.717, 1.165) is 20.3 Å². The lowest BCUT2D eigenvalue weighted by Crippen LogP contribution is -2.08. The van der Waals surface area contributed by atoms with Crippen LogP contribution in [0.5, 0.6) is 0 Å². The number of nitrogens with one attached hydrogen (secondary N) is 2. The molecule has 132 valence electrons. The molecule has 4 N–H and O–H groups in total. The molecule has 0 saturated heterocycles. The van der Waals surface area contributed by atoms with Crippen LogP contribution >= 0.6 is 70.0 Å². The van der Waals surface area contributed by atoms with Gasteiger partial charge in [0.2, 0.25) is 0 Å². The van der Waals surface area contributed by atoms with Crippen molar-refractivity contribution < 1.29 is 0 Å². The van der Waals surface area contributed by atoms with Gasteiger partial charge in [-0.25, -0.2) is 4.98 Å². The summed E-state index contributed by atoms with van der Waals surface area (Å²) in [7, 11) is 0. The Balaban J connectivity index is 0.00000225. The van der Waals surface area contributed by atoms with Crippen LogP contribution in [-0.4, -0.2) is 17.1 Å². The maximum Gasteiger partial charge on any atom is 0.187 e. The number of nitrogen functional groups attached to an aromatic ring is 1. The number of anilines is 2. The fraction of sp³-hybridized carbons (Fsp3) is 0.0667. The highest BCUT2D eigenvalue weighted by Gasteiger charge is 2.15. The second-order valence-electron chi connectivity index (χ2n) is 4.69. The summed E-state index contributed by atoms with van der Waals surface area (Å²) in [6.45, 7) is 0. The van der Waals surface area contributed by atoms with E-state index in [-0.39, 0.29) is 18.2 Å². The Hall–Kier alpha value is -0.960. The zero-order valence-corrected chi connectivity index (χ0v) is 17.6. The number of thioether (sulfide) groups is 1. The number of para-hydroxylation sites is 1. The third kappa shape index (κ3) is 4.42. The lowest BCUT2D eigenvalue weighted by molar-refractivity contribution is 1.37. The van der Waals surface area contributed by atoms with Gasteiger partial charge >= 0.3 is 0 Å². The molecule has 2 aromatic heterocycles. The van der Waals surface area contributed by atoms with E-state index in [1.165, 1.54) is 22.7 Å². The maximum absolute atomic E-state index is 7.60.